The second kappa shape index (κ2) is 6.41. The van der Waals surface area contributed by atoms with Gasteiger partial charge in [0.25, 0.3) is 0 Å². The lowest BCUT2D eigenvalue weighted by molar-refractivity contribution is -0.120. The highest BCUT2D eigenvalue weighted by atomic mass is 32.1. The van der Waals surface area contributed by atoms with Gasteiger partial charge in [-0.2, -0.15) is 16.4 Å². The molecule has 3 rings (SSSR count). The highest BCUT2D eigenvalue weighted by Crippen LogP contribution is 2.17. The molecule has 0 radical (unpaired) electrons. The first-order chi connectivity index (χ1) is 10.3. The normalized spacial score (nSPS) is 12.2. The van der Waals surface area contributed by atoms with Crippen LogP contribution >= 0.6 is 11.3 Å². The molecule has 108 valence electrons. The minimum Gasteiger partial charge on any atom is -0.467 e. The molecule has 0 unspecified atom stereocenters. The summed E-state index contributed by atoms with van der Waals surface area (Å²) in [5, 5.41) is 11.1. The fourth-order valence-electron chi connectivity index (χ4n) is 2.12. The predicted molar refractivity (Wildman–Crippen MR) is 80.1 cm³/mol. The Bertz CT molecular complexity index is 626. The van der Waals surface area contributed by atoms with Gasteiger partial charge in [-0.25, -0.2) is 0 Å². The summed E-state index contributed by atoms with van der Waals surface area (Å²) < 4.78 is 7.23. The molecule has 3 heterocycles. The molecule has 3 aromatic rings. The molecule has 0 saturated heterocycles. The Kier molecular flexibility index (Phi) is 4.16. The van der Waals surface area contributed by atoms with Gasteiger partial charge < -0.3 is 9.73 Å². The van der Waals surface area contributed by atoms with E-state index in [1.807, 2.05) is 41.2 Å². The zero-order chi connectivity index (χ0) is 14.5. The second-order valence-corrected chi connectivity index (χ2v) is 5.41. The molecule has 0 saturated carbocycles. The number of hydrogen-bond donors (Lipinski definition) is 1. The average molecular weight is 301 g/mol. The molecule has 5 nitrogen and oxygen atoms in total. The maximum absolute atomic E-state index is 12.0. The molecular weight excluding hydrogens is 286 g/mol. The largest absolute Gasteiger partial charge is 0.467 e. The van der Waals surface area contributed by atoms with Gasteiger partial charge in [-0.1, -0.05) is 0 Å². The lowest BCUT2D eigenvalue weighted by atomic mass is 10.2. The quantitative estimate of drug-likeness (QED) is 0.761. The monoisotopic (exact) mass is 301 g/mol. The van der Waals surface area contributed by atoms with Crippen molar-refractivity contribution in [1.82, 2.24) is 15.1 Å². The van der Waals surface area contributed by atoms with Crippen LogP contribution in [0.2, 0.25) is 0 Å². The van der Waals surface area contributed by atoms with Gasteiger partial charge in [-0.05, 0) is 40.6 Å². The molecule has 1 amide bonds. The highest BCUT2D eigenvalue weighted by molar-refractivity contribution is 7.07. The summed E-state index contributed by atoms with van der Waals surface area (Å²) >= 11 is 1.59. The van der Waals surface area contributed by atoms with Crippen LogP contribution in [-0.2, 0) is 11.2 Å². The summed E-state index contributed by atoms with van der Waals surface area (Å²) in [5.74, 6) is 0.770. The van der Waals surface area contributed by atoms with E-state index in [9.17, 15) is 4.79 Å². The Morgan fingerprint density at radius 1 is 1.43 bits per heavy atom. The van der Waals surface area contributed by atoms with E-state index in [1.54, 1.807) is 28.5 Å². The van der Waals surface area contributed by atoms with Gasteiger partial charge in [0.1, 0.15) is 11.8 Å². The maximum atomic E-state index is 12.0. The summed E-state index contributed by atoms with van der Waals surface area (Å²) in [7, 11) is 0. The number of amides is 1. The number of nitrogens with one attached hydrogen (secondary N) is 1. The zero-order valence-electron chi connectivity index (χ0n) is 11.3. The van der Waals surface area contributed by atoms with Gasteiger partial charge in [-0.15, -0.1) is 0 Å². The summed E-state index contributed by atoms with van der Waals surface area (Å²) in [5.41, 5.74) is 1.03. The number of carbonyl (C=O) groups is 1. The van der Waals surface area contributed by atoms with E-state index in [2.05, 4.69) is 10.4 Å². The predicted octanol–water partition coefficient (Wildman–Crippen LogP) is 2.49. The maximum Gasteiger partial charge on any atom is 0.224 e. The number of carbonyl (C=O) groups excluding carboxylic acids is 1. The van der Waals surface area contributed by atoms with Gasteiger partial charge in [0.2, 0.25) is 5.91 Å². The number of furan rings is 1. The molecule has 0 spiro atoms. The lowest BCUT2D eigenvalue weighted by Gasteiger charge is -2.16. The summed E-state index contributed by atoms with van der Waals surface area (Å²) in [4.78, 5) is 12.0. The molecule has 21 heavy (non-hydrogen) atoms. The number of hydrogen-bond acceptors (Lipinski definition) is 4. The summed E-state index contributed by atoms with van der Waals surface area (Å²) in [6.07, 6.45) is 5.59. The van der Waals surface area contributed by atoms with Crippen molar-refractivity contribution in [2.75, 3.05) is 6.54 Å². The van der Waals surface area contributed by atoms with Crippen LogP contribution in [0.3, 0.4) is 0 Å². The zero-order valence-corrected chi connectivity index (χ0v) is 12.1. The average Bonchev–Trinajstić information content (AvgIpc) is 3.23. The van der Waals surface area contributed by atoms with Crippen molar-refractivity contribution in [2.45, 2.75) is 12.5 Å². The Morgan fingerprint density at radius 3 is 3.05 bits per heavy atom. The SMILES string of the molecule is O=C(Cc1ccsc1)NC[C@@H](c1ccco1)n1cccn1. The molecule has 1 N–H and O–H groups in total. The molecule has 6 heteroatoms. The van der Waals surface area contributed by atoms with Crippen molar-refractivity contribution in [3.05, 3.63) is 65.0 Å². The number of rotatable bonds is 6. The van der Waals surface area contributed by atoms with Crippen molar-refractivity contribution < 1.29 is 9.21 Å². The first-order valence-electron chi connectivity index (χ1n) is 6.63. The topological polar surface area (TPSA) is 60.1 Å². The van der Waals surface area contributed by atoms with Gasteiger partial charge in [0.15, 0.2) is 0 Å². The number of thiophene rings is 1. The first-order valence-corrected chi connectivity index (χ1v) is 7.57. The van der Waals surface area contributed by atoms with E-state index < -0.39 is 0 Å². The third kappa shape index (κ3) is 3.41. The van der Waals surface area contributed by atoms with E-state index in [-0.39, 0.29) is 11.9 Å². The van der Waals surface area contributed by atoms with Crippen LogP contribution in [0.5, 0.6) is 0 Å². The Morgan fingerprint density at radius 2 is 2.38 bits per heavy atom. The minimum absolute atomic E-state index is 0.00267. The molecule has 0 aliphatic rings. The molecule has 0 aliphatic carbocycles. The molecule has 3 aromatic heterocycles. The summed E-state index contributed by atoms with van der Waals surface area (Å²) in [6.45, 7) is 0.443. The third-order valence-corrected chi connectivity index (χ3v) is 3.89. The van der Waals surface area contributed by atoms with Crippen LogP contribution in [-0.4, -0.2) is 22.2 Å². The molecule has 0 aromatic carbocycles. The van der Waals surface area contributed by atoms with Crippen molar-refractivity contribution >= 4 is 17.2 Å². The van der Waals surface area contributed by atoms with Crippen molar-refractivity contribution in [3.8, 4) is 0 Å². The van der Waals surface area contributed by atoms with Crippen LogP contribution < -0.4 is 5.32 Å². The van der Waals surface area contributed by atoms with Crippen molar-refractivity contribution in [3.63, 3.8) is 0 Å². The minimum atomic E-state index is -0.138. The van der Waals surface area contributed by atoms with Gasteiger partial charge in [0, 0.05) is 18.9 Å². The standard InChI is InChI=1S/C15H15N3O2S/c19-15(9-12-4-8-21-11-12)16-10-13(14-3-1-7-20-14)18-6-2-5-17-18/h1-8,11,13H,9-10H2,(H,16,19)/t13-/m0/s1. The van der Waals surface area contributed by atoms with Gasteiger partial charge >= 0.3 is 0 Å². The van der Waals surface area contributed by atoms with Gasteiger partial charge in [-0.3, -0.25) is 9.48 Å². The van der Waals surface area contributed by atoms with Crippen LogP contribution in [0.15, 0.2) is 58.1 Å². The molecule has 0 bridgehead atoms. The van der Waals surface area contributed by atoms with Crippen LogP contribution in [0.1, 0.15) is 17.4 Å². The van der Waals surface area contributed by atoms with Crippen molar-refractivity contribution in [1.29, 1.82) is 0 Å². The van der Waals surface area contributed by atoms with Crippen LogP contribution in [0, 0.1) is 0 Å². The number of aromatic nitrogens is 2. The van der Waals surface area contributed by atoms with E-state index in [1.165, 1.54) is 0 Å². The Hall–Kier alpha value is -2.34. The van der Waals surface area contributed by atoms with E-state index in [0.29, 0.717) is 13.0 Å². The molecule has 0 fully saturated rings. The summed E-state index contributed by atoms with van der Waals surface area (Å²) in [6, 6.07) is 7.39. The third-order valence-electron chi connectivity index (χ3n) is 3.15. The van der Waals surface area contributed by atoms with E-state index >= 15 is 0 Å². The van der Waals surface area contributed by atoms with Gasteiger partial charge in [0.05, 0.1) is 12.7 Å². The fraction of sp³-hybridized carbons (Fsp3) is 0.200. The van der Waals surface area contributed by atoms with Crippen LogP contribution in [0.25, 0.3) is 0 Å². The van der Waals surface area contributed by atoms with E-state index in [0.717, 1.165) is 11.3 Å². The molecular formula is C15H15N3O2S. The first kappa shape index (κ1) is 13.6. The highest BCUT2D eigenvalue weighted by Gasteiger charge is 2.18. The molecule has 0 aliphatic heterocycles. The van der Waals surface area contributed by atoms with Crippen LogP contribution in [0.4, 0.5) is 0 Å². The Labute approximate surface area is 126 Å². The smallest absolute Gasteiger partial charge is 0.224 e. The number of nitrogens with zero attached hydrogens (tertiary/aromatic N) is 2. The van der Waals surface area contributed by atoms with E-state index in [4.69, 9.17) is 4.42 Å². The lowest BCUT2D eigenvalue weighted by Crippen LogP contribution is -2.32. The van der Waals surface area contributed by atoms with Crippen molar-refractivity contribution in [2.24, 2.45) is 0 Å². The second-order valence-electron chi connectivity index (χ2n) is 4.63. The Balaban J connectivity index is 1.64. The fourth-order valence-corrected chi connectivity index (χ4v) is 2.79. The molecule has 1 atom stereocenters.